The lowest BCUT2D eigenvalue weighted by Gasteiger charge is -2.18. The van der Waals surface area contributed by atoms with Crippen LogP contribution in [0.2, 0.25) is 0 Å². The lowest BCUT2D eigenvalue weighted by atomic mass is 10.2. The van der Waals surface area contributed by atoms with E-state index < -0.39 is 5.91 Å². The van der Waals surface area contributed by atoms with Gasteiger partial charge in [-0.1, -0.05) is 18.2 Å². The van der Waals surface area contributed by atoms with E-state index in [0.29, 0.717) is 12.1 Å². The normalized spacial score (nSPS) is 10.3. The van der Waals surface area contributed by atoms with Crippen molar-refractivity contribution >= 4 is 17.5 Å². The predicted molar refractivity (Wildman–Crippen MR) is 99.1 cm³/mol. The molecule has 1 heterocycles. The predicted octanol–water partition coefficient (Wildman–Crippen LogP) is 0.950. The molecule has 2 amide bonds. The van der Waals surface area contributed by atoms with Crippen LogP contribution in [0.15, 0.2) is 60.9 Å². The summed E-state index contributed by atoms with van der Waals surface area (Å²) in [5, 5.41) is 10.9. The second kappa shape index (κ2) is 8.56. The Morgan fingerprint density at radius 3 is 2.44 bits per heavy atom. The van der Waals surface area contributed by atoms with E-state index in [1.807, 2.05) is 42.3 Å². The maximum absolute atomic E-state index is 12.1. The van der Waals surface area contributed by atoms with Crippen molar-refractivity contribution in [3.63, 3.8) is 0 Å². The quantitative estimate of drug-likeness (QED) is 0.630. The van der Waals surface area contributed by atoms with Crippen LogP contribution in [0.1, 0.15) is 16.8 Å². The highest BCUT2D eigenvalue weighted by atomic mass is 16.2. The van der Waals surface area contributed by atoms with Crippen molar-refractivity contribution in [2.75, 3.05) is 18.5 Å². The zero-order chi connectivity index (χ0) is 19.1. The van der Waals surface area contributed by atoms with Crippen LogP contribution in [-0.4, -0.2) is 45.6 Å². The van der Waals surface area contributed by atoms with Gasteiger partial charge in [0.2, 0.25) is 5.91 Å². The first-order valence-electron chi connectivity index (χ1n) is 8.32. The molecule has 0 atom stereocenters. The number of tetrazole rings is 1. The maximum atomic E-state index is 12.1. The molecule has 2 aromatic carbocycles. The van der Waals surface area contributed by atoms with Crippen molar-refractivity contribution < 1.29 is 9.59 Å². The molecule has 0 saturated carbocycles. The molecule has 3 aromatic rings. The first-order chi connectivity index (χ1) is 13.1. The summed E-state index contributed by atoms with van der Waals surface area (Å²) in [6.07, 6.45) is 1.71. The Kier molecular flexibility index (Phi) is 5.73. The number of hydrogen-bond acceptors (Lipinski definition) is 6. The highest BCUT2D eigenvalue weighted by Crippen LogP contribution is 2.11. The van der Waals surface area contributed by atoms with Gasteiger partial charge in [-0.2, -0.15) is 0 Å². The maximum Gasteiger partial charge on any atom is 0.269 e. The number of rotatable bonds is 6. The first kappa shape index (κ1) is 18.1. The molecule has 27 heavy (non-hydrogen) atoms. The number of amides is 2. The van der Waals surface area contributed by atoms with Gasteiger partial charge in [-0.05, 0) is 46.8 Å². The zero-order valence-electron chi connectivity index (χ0n) is 14.7. The Labute approximate surface area is 156 Å². The van der Waals surface area contributed by atoms with Crippen LogP contribution in [0.5, 0.6) is 0 Å². The number of nitrogens with zero attached hydrogens (tertiary/aromatic N) is 5. The van der Waals surface area contributed by atoms with Gasteiger partial charge < -0.3 is 4.90 Å². The SMILES string of the molecule is CN(CCC(=O)NNC(=O)c1ccc(-n2cnnn2)cc1)c1ccccc1. The Morgan fingerprint density at radius 1 is 1.04 bits per heavy atom. The molecular formula is C18H19N7O2. The third kappa shape index (κ3) is 4.88. The average molecular weight is 365 g/mol. The average Bonchev–Trinajstić information content (AvgIpc) is 3.26. The van der Waals surface area contributed by atoms with Crippen LogP contribution < -0.4 is 15.8 Å². The van der Waals surface area contributed by atoms with E-state index in [2.05, 4.69) is 26.4 Å². The van der Waals surface area contributed by atoms with Crippen LogP contribution in [0.3, 0.4) is 0 Å². The molecule has 0 radical (unpaired) electrons. The summed E-state index contributed by atoms with van der Waals surface area (Å²) in [6.45, 7) is 0.534. The van der Waals surface area contributed by atoms with Crippen molar-refractivity contribution in [2.24, 2.45) is 0 Å². The molecular weight excluding hydrogens is 346 g/mol. The molecule has 138 valence electrons. The lowest BCUT2D eigenvalue weighted by molar-refractivity contribution is -0.121. The van der Waals surface area contributed by atoms with Gasteiger partial charge in [0.25, 0.3) is 5.91 Å². The molecule has 2 N–H and O–H groups in total. The Hall–Kier alpha value is -3.75. The summed E-state index contributed by atoms with van der Waals surface area (Å²) in [6, 6.07) is 16.4. The monoisotopic (exact) mass is 365 g/mol. The first-order valence-corrected chi connectivity index (χ1v) is 8.32. The summed E-state index contributed by atoms with van der Waals surface area (Å²) < 4.78 is 1.48. The fourth-order valence-electron chi connectivity index (χ4n) is 2.39. The van der Waals surface area contributed by atoms with E-state index in [1.54, 1.807) is 24.3 Å². The number of hydrazine groups is 1. The van der Waals surface area contributed by atoms with Crippen molar-refractivity contribution in [3.8, 4) is 5.69 Å². The lowest BCUT2D eigenvalue weighted by Crippen LogP contribution is -2.42. The number of benzene rings is 2. The highest BCUT2D eigenvalue weighted by molar-refractivity contribution is 5.95. The summed E-state index contributed by atoms with van der Waals surface area (Å²) in [7, 11) is 1.91. The minimum Gasteiger partial charge on any atom is -0.374 e. The van der Waals surface area contributed by atoms with Gasteiger partial charge >= 0.3 is 0 Å². The number of aromatic nitrogens is 4. The molecule has 0 aliphatic carbocycles. The van der Waals surface area contributed by atoms with E-state index in [1.165, 1.54) is 11.0 Å². The minimum absolute atomic E-state index is 0.254. The van der Waals surface area contributed by atoms with E-state index >= 15 is 0 Å². The minimum atomic E-state index is -0.400. The second-order valence-corrected chi connectivity index (χ2v) is 5.81. The third-order valence-corrected chi connectivity index (χ3v) is 3.93. The number of para-hydroxylation sites is 1. The van der Waals surface area contributed by atoms with Gasteiger partial charge in [-0.15, -0.1) is 5.10 Å². The smallest absolute Gasteiger partial charge is 0.269 e. The zero-order valence-corrected chi connectivity index (χ0v) is 14.7. The molecule has 0 saturated heterocycles. The van der Waals surface area contributed by atoms with Gasteiger partial charge in [0, 0.05) is 31.3 Å². The Morgan fingerprint density at radius 2 is 1.78 bits per heavy atom. The molecule has 0 spiro atoms. The van der Waals surface area contributed by atoms with Crippen molar-refractivity contribution in [1.82, 2.24) is 31.1 Å². The van der Waals surface area contributed by atoms with E-state index in [0.717, 1.165) is 11.4 Å². The van der Waals surface area contributed by atoms with Gasteiger partial charge in [-0.25, -0.2) is 4.68 Å². The van der Waals surface area contributed by atoms with Gasteiger partial charge in [-0.3, -0.25) is 20.4 Å². The van der Waals surface area contributed by atoms with Crippen LogP contribution in [0.4, 0.5) is 5.69 Å². The third-order valence-electron chi connectivity index (χ3n) is 3.93. The molecule has 0 fully saturated rings. The van der Waals surface area contributed by atoms with Gasteiger partial charge in [0.05, 0.1) is 5.69 Å². The van der Waals surface area contributed by atoms with Crippen molar-refractivity contribution in [3.05, 3.63) is 66.5 Å². The number of nitrogens with one attached hydrogen (secondary N) is 2. The van der Waals surface area contributed by atoms with Crippen LogP contribution >= 0.6 is 0 Å². The number of hydrogen-bond donors (Lipinski definition) is 2. The largest absolute Gasteiger partial charge is 0.374 e. The summed E-state index contributed by atoms with van der Waals surface area (Å²) in [5.41, 5.74) is 7.00. The number of anilines is 1. The van der Waals surface area contributed by atoms with Crippen molar-refractivity contribution in [2.45, 2.75) is 6.42 Å². The Balaban J connectivity index is 1.45. The molecule has 3 rings (SSSR count). The molecule has 0 aliphatic heterocycles. The molecule has 0 aliphatic rings. The Bertz CT molecular complexity index is 880. The van der Waals surface area contributed by atoms with E-state index in [9.17, 15) is 9.59 Å². The molecule has 9 heteroatoms. The van der Waals surface area contributed by atoms with Gasteiger partial charge in [0.1, 0.15) is 6.33 Å². The number of carbonyl (C=O) groups is 2. The second-order valence-electron chi connectivity index (χ2n) is 5.81. The fourth-order valence-corrected chi connectivity index (χ4v) is 2.39. The topological polar surface area (TPSA) is 105 Å². The van der Waals surface area contributed by atoms with Crippen molar-refractivity contribution in [1.29, 1.82) is 0 Å². The van der Waals surface area contributed by atoms with Crippen LogP contribution in [0.25, 0.3) is 5.69 Å². The van der Waals surface area contributed by atoms with E-state index in [4.69, 9.17) is 0 Å². The van der Waals surface area contributed by atoms with Crippen LogP contribution in [0, 0.1) is 0 Å². The van der Waals surface area contributed by atoms with Gasteiger partial charge in [0.15, 0.2) is 0 Å². The molecule has 0 unspecified atom stereocenters. The number of carbonyl (C=O) groups excluding carboxylic acids is 2. The van der Waals surface area contributed by atoms with Crippen LogP contribution in [-0.2, 0) is 4.79 Å². The fraction of sp³-hybridized carbons (Fsp3) is 0.167. The molecule has 1 aromatic heterocycles. The van der Waals surface area contributed by atoms with E-state index in [-0.39, 0.29) is 12.3 Å². The molecule has 9 nitrogen and oxygen atoms in total. The molecule has 0 bridgehead atoms. The standard InChI is InChI=1S/C18H19N7O2/c1-24(15-5-3-2-4-6-15)12-11-17(26)20-21-18(27)14-7-9-16(10-8-14)25-13-19-22-23-25/h2-10,13H,11-12H2,1H3,(H,20,26)(H,21,27). The summed E-state index contributed by atoms with van der Waals surface area (Å²) in [5.74, 6) is -0.667. The highest BCUT2D eigenvalue weighted by Gasteiger charge is 2.09. The summed E-state index contributed by atoms with van der Waals surface area (Å²) >= 11 is 0. The summed E-state index contributed by atoms with van der Waals surface area (Å²) in [4.78, 5) is 26.0.